The van der Waals surface area contributed by atoms with Gasteiger partial charge in [0.15, 0.2) is 6.10 Å². The van der Waals surface area contributed by atoms with Crippen LogP contribution in [0.5, 0.6) is 0 Å². The molecule has 0 spiro atoms. The van der Waals surface area contributed by atoms with Gasteiger partial charge in [0.1, 0.15) is 12.2 Å². The van der Waals surface area contributed by atoms with Gasteiger partial charge in [-0.15, -0.1) is 0 Å². The van der Waals surface area contributed by atoms with Gasteiger partial charge in [-0.3, -0.25) is 4.79 Å². The molecule has 2 rings (SSSR count). The van der Waals surface area contributed by atoms with Crippen molar-refractivity contribution in [3.8, 4) is 0 Å². The largest absolute Gasteiger partial charge is 0.481 e. The Balaban J connectivity index is 2.17. The Morgan fingerprint density at radius 1 is 1.13 bits per heavy atom. The standard InChI is InChI=1S/C24H34O6/c1-16-7-5-8-17(2)23(30-24(29)22(28)20(25)14-13-16)19-11-6-10-18(15-19)9-3-4-12-21(26)27/h6,10-11,13-17,20,22-23,25,28H,3-5,7-9,12H2,1-2H3,(H,26,27)/b14-13+/t16-,17+,20-,22-,23+/m1/s1. The lowest BCUT2D eigenvalue weighted by Gasteiger charge is -2.27. The van der Waals surface area contributed by atoms with Gasteiger partial charge in [-0.05, 0) is 55.1 Å². The van der Waals surface area contributed by atoms with E-state index in [1.807, 2.05) is 37.3 Å². The van der Waals surface area contributed by atoms with E-state index in [4.69, 9.17) is 9.84 Å². The summed E-state index contributed by atoms with van der Waals surface area (Å²) in [5.41, 5.74) is 1.92. The molecule has 1 aromatic rings. The van der Waals surface area contributed by atoms with Crippen molar-refractivity contribution in [1.82, 2.24) is 0 Å². The van der Waals surface area contributed by atoms with Crippen LogP contribution in [0.1, 0.15) is 69.6 Å². The van der Waals surface area contributed by atoms with Crippen LogP contribution < -0.4 is 0 Å². The summed E-state index contributed by atoms with van der Waals surface area (Å²) in [6.07, 6.45) is 4.95. The normalized spacial score (nSPS) is 29.3. The highest BCUT2D eigenvalue weighted by molar-refractivity contribution is 5.75. The second-order valence-electron chi connectivity index (χ2n) is 8.41. The molecular weight excluding hydrogens is 384 g/mol. The Morgan fingerprint density at radius 3 is 2.63 bits per heavy atom. The van der Waals surface area contributed by atoms with Crippen molar-refractivity contribution in [2.45, 2.75) is 77.1 Å². The van der Waals surface area contributed by atoms with Crippen molar-refractivity contribution in [2.24, 2.45) is 11.8 Å². The average molecular weight is 419 g/mol. The van der Waals surface area contributed by atoms with Gasteiger partial charge in [-0.25, -0.2) is 4.79 Å². The molecule has 6 heteroatoms. The highest BCUT2D eigenvalue weighted by Gasteiger charge is 2.30. The number of hydrogen-bond donors (Lipinski definition) is 3. The lowest BCUT2D eigenvalue weighted by atomic mass is 9.89. The van der Waals surface area contributed by atoms with Crippen LogP contribution in [0.15, 0.2) is 36.4 Å². The van der Waals surface area contributed by atoms with Gasteiger partial charge in [0.25, 0.3) is 0 Å². The first-order chi connectivity index (χ1) is 14.3. The third kappa shape index (κ3) is 7.58. The van der Waals surface area contributed by atoms with Gasteiger partial charge >= 0.3 is 11.9 Å². The van der Waals surface area contributed by atoms with Gasteiger partial charge in [-0.1, -0.05) is 56.7 Å². The van der Waals surface area contributed by atoms with Crippen LogP contribution in [-0.4, -0.2) is 39.5 Å². The number of aliphatic hydroxyl groups excluding tert-OH is 2. The monoisotopic (exact) mass is 418 g/mol. The average Bonchev–Trinajstić information content (AvgIpc) is 2.71. The first kappa shape index (κ1) is 24.1. The minimum atomic E-state index is -1.62. The van der Waals surface area contributed by atoms with Crippen LogP contribution in [-0.2, 0) is 20.7 Å². The number of hydrogen-bond acceptors (Lipinski definition) is 5. The first-order valence-electron chi connectivity index (χ1n) is 10.8. The fraction of sp³-hybridized carbons (Fsp3) is 0.583. The molecule has 0 fully saturated rings. The summed E-state index contributed by atoms with van der Waals surface area (Å²) in [6.45, 7) is 4.09. The van der Waals surface area contributed by atoms with Crippen LogP contribution in [0.2, 0.25) is 0 Å². The summed E-state index contributed by atoms with van der Waals surface area (Å²) in [6, 6.07) is 7.80. The van der Waals surface area contributed by atoms with Crippen molar-refractivity contribution in [1.29, 1.82) is 0 Å². The summed E-state index contributed by atoms with van der Waals surface area (Å²) < 4.78 is 5.68. The first-order valence-corrected chi connectivity index (χ1v) is 10.8. The second-order valence-corrected chi connectivity index (χ2v) is 8.41. The number of rotatable bonds is 6. The minimum Gasteiger partial charge on any atom is -0.481 e. The Bertz CT molecular complexity index is 728. The lowest BCUT2D eigenvalue weighted by Crippen LogP contribution is -2.36. The number of unbranched alkanes of at least 4 members (excludes halogenated alkanes) is 1. The number of carboxylic acid groups (broad SMARTS) is 1. The van der Waals surface area contributed by atoms with Crippen LogP contribution in [0, 0.1) is 11.8 Å². The molecule has 1 heterocycles. The SMILES string of the molecule is C[C@H]1/C=C/[C@@H](O)[C@@H](O)C(=O)O[C@H](c2cccc(CCCCC(=O)O)c2)[C@@H](C)CCC1. The highest BCUT2D eigenvalue weighted by atomic mass is 16.6. The summed E-state index contributed by atoms with van der Waals surface area (Å²) in [4.78, 5) is 23.2. The number of ether oxygens (including phenoxy) is 1. The molecule has 0 aliphatic carbocycles. The molecule has 1 aliphatic heterocycles. The van der Waals surface area contributed by atoms with E-state index in [0.717, 1.165) is 43.2 Å². The van der Waals surface area contributed by atoms with Crippen LogP contribution in [0.25, 0.3) is 0 Å². The summed E-state index contributed by atoms with van der Waals surface area (Å²) in [5, 5.41) is 29.1. The number of aryl methyl sites for hydroxylation is 1. The molecular formula is C24H34O6. The van der Waals surface area contributed by atoms with Gasteiger partial charge in [0.05, 0.1) is 0 Å². The predicted octanol–water partition coefficient (Wildman–Crippen LogP) is 3.80. The molecule has 1 aromatic carbocycles. The van der Waals surface area contributed by atoms with E-state index in [-0.39, 0.29) is 18.3 Å². The second kappa shape index (κ2) is 11.9. The zero-order chi connectivity index (χ0) is 22.1. The zero-order valence-electron chi connectivity index (χ0n) is 17.9. The quantitative estimate of drug-likeness (QED) is 0.369. The number of aliphatic carboxylic acids is 1. The summed E-state index contributed by atoms with van der Waals surface area (Å²) in [5.74, 6) is -1.31. The minimum absolute atomic E-state index is 0.0520. The molecule has 0 unspecified atom stereocenters. The van der Waals surface area contributed by atoms with E-state index in [1.165, 1.54) is 6.08 Å². The molecule has 0 saturated heterocycles. The third-order valence-corrected chi connectivity index (χ3v) is 5.67. The Kier molecular flexibility index (Phi) is 9.53. The molecule has 3 N–H and O–H groups in total. The maximum atomic E-state index is 12.5. The molecule has 0 saturated carbocycles. The fourth-order valence-electron chi connectivity index (χ4n) is 3.80. The van der Waals surface area contributed by atoms with E-state index in [1.54, 1.807) is 0 Å². The molecule has 5 atom stereocenters. The van der Waals surface area contributed by atoms with Gasteiger partial charge in [0.2, 0.25) is 0 Å². The van der Waals surface area contributed by atoms with Crippen LogP contribution >= 0.6 is 0 Å². The van der Waals surface area contributed by atoms with Gasteiger partial charge < -0.3 is 20.1 Å². The Labute approximate surface area is 178 Å². The van der Waals surface area contributed by atoms with Gasteiger partial charge in [-0.2, -0.15) is 0 Å². The maximum Gasteiger partial charge on any atom is 0.338 e. The summed E-state index contributed by atoms with van der Waals surface area (Å²) >= 11 is 0. The number of carboxylic acids is 1. The van der Waals surface area contributed by atoms with E-state index in [0.29, 0.717) is 6.42 Å². The molecule has 0 radical (unpaired) electrons. The lowest BCUT2D eigenvalue weighted by molar-refractivity contribution is -0.166. The highest BCUT2D eigenvalue weighted by Crippen LogP contribution is 2.32. The van der Waals surface area contributed by atoms with Crippen LogP contribution in [0.3, 0.4) is 0 Å². The van der Waals surface area contributed by atoms with Crippen molar-refractivity contribution in [2.75, 3.05) is 0 Å². The number of esters is 1. The fourth-order valence-corrected chi connectivity index (χ4v) is 3.80. The number of cyclic esters (lactones) is 1. The van der Waals surface area contributed by atoms with Crippen molar-refractivity contribution in [3.05, 3.63) is 47.5 Å². The number of benzene rings is 1. The zero-order valence-corrected chi connectivity index (χ0v) is 17.9. The van der Waals surface area contributed by atoms with E-state index < -0.39 is 30.3 Å². The van der Waals surface area contributed by atoms with E-state index in [2.05, 4.69) is 6.92 Å². The predicted molar refractivity (Wildman–Crippen MR) is 114 cm³/mol. The molecule has 6 nitrogen and oxygen atoms in total. The number of aliphatic hydroxyl groups is 2. The number of allylic oxidation sites excluding steroid dienone is 1. The molecule has 0 amide bonds. The van der Waals surface area contributed by atoms with Crippen molar-refractivity contribution >= 4 is 11.9 Å². The molecule has 0 bridgehead atoms. The molecule has 166 valence electrons. The third-order valence-electron chi connectivity index (χ3n) is 5.67. The smallest absolute Gasteiger partial charge is 0.338 e. The summed E-state index contributed by atoms with van der Waals surface area (Å²) in [7, 11) is 0. The van der Waals surface area contributed by atoms with Crippen LogP contribution in [0.4, 0.5) is 0 Å². The molecule has 0 aromatic heterocycles. The Morgan fingerprint density at radius 2 is 1.90 bits per heavy atom. The van der Waals surface area contributed by atoms with Gasteiger partial charge in [0, 0.05) is 6.42 Å². The van der Waals surface area contributed by atoms with Crippen molar-refractivity contribution < 1.29 is 29.6 Å². The molecule has 30 heavy (non-hydrogen) atoms. The van der Waals surface area contributed by atoms with Crippen molar-refractivity contribution in [3.63, 3.8) is 0 Å². The number of carbonyl (C=O) groups excluding carboxylic acids is 1. The van der Waals surface area contributed by atoms with E-state index >= 15 is 0 Å². The van der Waals surface area contributed by atoms with E-state index in [9.17, 15) is 19.8 Å². The Hall–Kier alpha value is -2.18. The topological polar surface area (TPSA) is 104 Å². The number of carbonyl (C=O) groups is 2. The maximum absolute atomic E-state index is 12.5. The molecule has 1 aliphatic rings.